The van der Waals surface area contributed by atoms with Gasteiger partial charge in [-0.15, -0.1) is 24.0 Å². The highest BCUT2D eigenvalue weighted by Crippen LogP contribution is 2.19. The van der Waals surface area contributed by atoms with E-state index in [1.54, 1.807) is 38.5 Å². The van der Waals surface area contributed by atoms with Gasteiger partial charge < -0.3 is 15.4 Å². The minimum atomic E-state index is -0.297. The quantitative estimate of drug-likeness (QED) is 0.457. The number of pyridine rings is 1. The third-order valence-electron chi connectivity index (χ3n) is 2.75. The van der Waals surface area contributed by atoms with Gasteiger partial charge in [0.05, 0.1) is 0 Å². The first-order valence-corrected chi connectivity index (χ1v) is 6.48. The normalized spacial score (nSPS) is 10.6. The Hall–Kier alpha value is -1.90. The molecule has 0 amide bonds. The number of hydrogen-bond donors (Lipinski definition) is 2. The Bertz CT molecular complexity index is 602. The Morgan fingerprint density at radius 2 is 1.95 bits per heavy atom. The Kier molecular flexibility index (Phi) is 7.58. The summed E-state index contributed by atoms with van der Waals surface area (Å²) in [5, 5.41) is 6.06. The third kappa shape index (κ3) is 5.47. The number of rotatable bonds is 4. The molecule has 0 fully saturated rings. The van der Waals surface area contributed by atoms with Gasteiger partial charge in [-0.1, -0.05) is 6.07 Å². The maximum atomic E-state index is 12.8. The lowest BCUT2D eigenvalue weighted by Crippen LogP contribution is -2.34. The molecule has 7 heteroatoms. The summed E-state index contributed by atoms with van der Waals surface area (Å²) in [5.41, 5.74) is 0.998. The van der Waals surface area contributed by atoms with Crippen LogP contribution in [0, 0.1) is 5.82 Å². The van der Waals surface area contributed by atoms with Crippen molar-refractivity contribution in [3.8, 4) is 11.6 Å². The molecule has 0 bridgehead atoms. The van der Waals surface area contributed by atoms with Crippen LogP contribution in [0.15, 0.2) is 47.6 Å². The van der Waals surface area contributed by atoms with Gasteiger partial charge in [0.15, 0.2) is 5.96 Å². The first-order valence-electron chi connectivity index (χ1n) is 6.48. The van der Waals surface area contributed by atoms with Crippen LogP contribution in [0.3, 0.4) is 0 Å². The van der Waals surface area contributed by atoms with E-state index < -0.39 is 0 Å². The first-order chi connectivity index (χ1) is 10.2. The number of aliphatic imine (C=N–C) groups is 1. The van der Waals surface area contributed by atoms with E-state index in [1.807, 2.05) is 6.07 Å². The first kappa shape index (κ1) is 18.1. The number of halogens is 2. The lowest BCUT2D eigenvalue weighted by Gasteiger charge is -2.09. The number of nitrogens with one attached hydrogen (secondary N) is 2. The zero-order chi connectivity index (χ0) is 15.1. The summed E-state index contributed by atoms with van der Waals surface area (Å²) >= 11 is 0. The summed E-state index contributed by atoms with van der Waals surface area (Å²) in [6.07, 6.45) is 1.72. The van der Waals surface area contributed by atoms with Crippen LogP contribution in [-0.4, -0.2) is 25.0 Å². The molecular weight excluding hydrogens is 398 g/mol. The second-order valence-electron chi connectivity index (χ2n) is 4.24. The average Bonchev–Trinajstić information content (AvgIpc) is 2.52. The Labute approximate surface area is 146 Å². The Morgan fingerprint density at radius 1 is 1.23 bits per heavy atom. The van der Waals surface area contributed by atoms with Crippen molar-refractivity contribution in [2.45, 2.75) is 6.54 Å². The topological polar surface area (TPSA) is 58.5 Å². The summed E-state index contributed by atoms with van der Waals surface area (Å²) in [4.78, 5) is 8.23. The monoisotopic (exact) mass is 416 g/mol. The minimum absolute atomic E-state index is 0. The summed E-state index contributed by atoms with van der Waals surface area (Å²) in [6.45, 7) is 0.608. The number of nitrogens with zero attached hydrogens (tertiary/aromatic N) is 2. The van der Waals surface area contributed by atoms with E-state index >= 15 is 0 Å². The standard InChI is InChI=1S/C15H17FN4O.HI/c1-17-15(18-2)20-10-11-3-8-14(19-9-11)21-13-6-4-12(16)5-7-13;/h3-9H,10H2,1-2H3,(H2,17,18,20);1H. The summed E-state index contributed by atoms with van der Waals surface area (Å²) in [6, 6.07) is 9.48. The molecule has 0 saturated heterocycles. The van der Waals surface area contributed by atoms with E-state index in [4.69, 9.17) is 4.74 Å². The van der Waals surface area contributed by atoms with Gasteiger partial charge in [0.2, 0.25) is 5.88 Å². The highest BCUT2D eigenvalue weighted by molar-refractivity contribution is 14.0. The SMILES string of the molecule is CN=C(NC)NCc1ccc(Oc2ccc(F)cc2)nc1.I. The fraction of sp³-hybridized carbons (Fsp3) is 0.200. The molecule has 0 saturated carbocycles. The number of hydrogen-bond acceptors (Lipinski definition) is 3. The van der Waals surface area contributed by atoms with Crippen LogP contribution in [-0.2, 0) is 6.54 Å². The molecular formula is C15H18FIN4O. The van der Waals surface area contributed by atoms with Gasteiger partial charge in [-0.3, -0.25) is 4.99 Å². The van der Waals surface area contributed by atoms with Crippen molar-refractivity contribution in [1.82, 2.24) is 15.6 Å². The van der Waals surface area contributed by atoms with Gasteiger partial charge in [-0.25, -0.2) is 9.37 Å². The number of benzene rings is 1. The molecule has 0 aliphatic rings. The molecule has 2 aromatic rings. The van der Waals surface area contributed by atoms with Crippen molar-refractivity contribution in [2.75, 3.05) is 14.1 Å². The summed E-state index contributed by atoms with van der Waals surface area (Å²) in [7, 11) is 3.50. The molecule has 1 aromatic heterocycles. The zero-order valence-corrected chi connectivity index (χ0v) is 14.7. The molecule has 2 rings (SSSR count). The van der Waals surface area contributed by atoms with E-state index in [2.05, 4.69) is 20.6 Å². The Morgan fingerprint density at radius 3 is 2.50 bits per heavy atom. The van der Waals surface area contributed by atoms with E-state index in [9.17, 15) is 4.39 Å². The minimum Gasteiger partial charge on any atom is -0.439 e. The van der Waals surface area contributed by atoms with Crippen molar-refractivity contribution in [2.24, 2.45) is 4.99 Å². The molecule has 1 heterocycles. The van der Waals surface area contributed by atoms with Crippen molar-refractivity contribution >= 4 is 29.9 Å². The predicted molar refractivity (Wildman–Crippen MR) is 95.4 cm³/mol. The van der Waals surface area contributed by atoms with E-state index in [0.717, 1.165) is 5.56 Å². The summed E-state index contributed by atoms with van der Waals surface area (Å²) in [5.74, 6) is 1.42. The van der Waals surface area contributed by atoms with Crippen LogP contribution in [0.4, 0.5) is 4.39 Å². The van der Waals surface area contributed by atoms with Crippen LogP contribution < -0.4 is 15.4 Å². The van der Waals surface area contributed by atoms with Gasteiger partial charge >= 0.3 is 0 Å². The Balaban J connectivity index is 0.00000242. The van der Waals surface area contributed by atoms with Crippen LogP contribution in [0.2, 0.25) is 0 Å². The summed E-state index contributed by atoms with van der Waals surface area (Å²) < 4.78 is 18.3. The highest BCUT2D eigenvalue weighted by atomic mass is 127. The van der Waals surface area contributed by atoms with Gasteiger partial charge in [0.25, 0.3) is 0 Å². The van der Waals surface area contributed by atoms with E-state index in [-0.39, 0.29) is 29.8 Å². The second-order valence-corrected chi connectivity index (χ2v) is 4.24. The van der Waals surface area contributed by atoms with Gasteiger partial charge in [-0.05, 0) is 29.8 Å². The maximum Gasteiger partial charge on any atom is 0.219 e. The van der Waals surface area contributed by atoms with Crippen LogP contribution in [0.5, 0.6) is 11.6 Å². The van der Waals surface area contributed by atoms with Crippen molar-refractivity contribution in [1.29, 1.82) is 0 Å². The van der Waals surface area contributed by atoms with Gasteiger partial charge in [0, 0.05) is 32.9 Å². The van der Waals surface area contributed by atoms with E-state index in [1.165, 1.54) is 12.1 Å². The van der Waals surface area contributed by atoms with Gasteiger partial charge in [-0.2, -0.15) is 0 Å². The molecule has 0 atom stereocenters. The zero-order valence-electron chi connectivity index (χ0n) is 12.3. The average molecular weight is 416 g/mol. The third-order valence-corrected chi connectivity index (χ3v) is 2.75. The fourth-order valence-corrected chi connectivity index (χ4v) is 1.66. The molecule has 5 nitrogen and oxygen atoms in total. The molecule has 118 valence electrons. The molecule has 1 aromatic carbocycles. The molecule has 0 radical (unpaired) electrons. The number of ether oxygens (including phenoxy) is 1. The molecule has 0 spiro atoms. The van der Waals surface area contributed by atoms with Crippen molar-refractivity contribution in [3.63, 3.8) is 0 Å². The highest BCUT2D eigenvalue weighted by Gasteiger charge is 2.01. The van der Waals surface area contributed by atoms with Crippen LogP contribution in [0.1, 0.15) is 5.56 Å². The lowest BCUT2D eigenvalue weighted by atomic mass is 10.3. The maximum absolute atomic E-state index is 12.8. The van der Waals surface area contributed by atoms with Crippen LogP contribution in [0.25, 0.3) is 0 Å². The number of aromatic nitrogens is 1. The molecule has 0 aliphatic carbocycles. The predicted octanol–water partition coefficient (Wildman–Crippen LogP) is 2.93. The second kappa shape index (κ2) is 9.19. The van der Waals surface area contributed by atoms with Crippen molar-refractivity contribution < 1.29 is 9.13 Å². The lowest BCUT2D eigenvalue weighted by molar-refractivity contribution is 0.461. The smallest absolute Gasteiger partial charge is 0.219 e. The van der Waals surface area contributed by atoms with E-state index in [0.29, 0.717) is 24.1 Å². The molecule has 0 unspecified atom stereocenters. The van der Waals surface area contributed by atoms with Crippen molar-refractivity contribution in [3.05, 3.63) is 54.0 Å². The fourth-order valence-electron chi connectivity index (χ4n) is 1.66. The van der Waals surface area contributed by atoms with Crippen LogP contribution >= 0.6 is 24.0 Å². The molecule has 22 heavy (non-hydrogen) atoms. The largest absolute Gasteiger partial charge is 0.439 e. The van der Waals surface area contributed by atoms with Gasteiger partial charge in [0.1, 0.15) is 11.6 Å². The molecule has 2 N–H and O–H groups in total. The number of guanidine groups is 1. The molecule has 0 aliphatic heterocycles.